The molecular formula is C18H13Cl2F3N2O3. The van der Waals surface area contributed by atoms with Crippen LogP contribution in [-0.2, 0) is 20.5 Å². The van der Waals surface area contributed by atoms with Crippen LogP contribution < -0.4 is 4.90 Å². The van der Waals surface area contributed by atoms with E-state index in [1.165, 1.54) is 6.07 Å². The summed E-state index contributed by atoms with van der Waals surface area (Å²) in [6, 6.07) is 4.19. The summed E-state index contributed by atoms with van der Waals surface area (Å²) in [6.07, 6.45) is -4.81. The van der Waals surface area contributed by atoms with Crippen molar-refractivity contribution in [2.24, 2.45) is 11.8 Å². The van der Waals surface area contributed by atoms with Gasteiger partial charge in [-0.15, -0.1) is 23.2 Å². The van der Waals surface area contributed by atoms with Gasteiger partial charge in [0, 0.05) is 0 Å². The van der Waals surface area contributed by atoms with Gasteiger partial charge in [0.25, 0.3) is 0 Å². The highest BCUT2D eigenvalue weighted by atomic mass is 35.5. The van der Waals surface area contributed by atoms with Crippen LogP contribution in [0.4, 0.5) is 18.9 Å². The van der Waals surface area contributed by atoms with Crippen LogP contribution >= 0.6 is 23.2 Å². The van der Waals surface area contributed by atoms with Gasteiger partial charge in [-0.25, -0.2) is 4.90 Å². The second-order valence-corrected chi connectivity index (χ2v) is 8.52. The third kappa shape index (κ3) is 2.18. The lowest BCUT2D eigenvalue weighted by molar-refractivity contribution is -0.138. The standard InChI is InChI=1S/C18H13Cl2F3N2O3/c1-16-10-11(17(2,28-16)13(20)12(16)19)15(27)25(14(10)26)8-4-3-7(6-24)9(5-8)18(21,22)23/h3-5,10-13H,1-2H3/t10-,11+,12-,13-,16+,17-/m0/s1. The molecule has 148 valence electrons. The molecule has 0 unspecified atom stereocenters. The number of fused-ring (bicyclic) bond motifs is 5. The second kappa shape index (κ2) is 5.62. The third-order valence-electron chi connectivity index (χ3n) is 6.02. The number of ether oxygens (including phenoxy) is 1. The van der Waals surface area contributed by atoms with Crippen LogP contribution in [0.1, 0.15) is 25.0 Å². The van der Waals surface area contributed by atoms with Crippen molar-refractivity contribution in [1.82, 2.24) is 0 Å². The van der Waals surface area contributed by atoms with Gasteiger partial charge in [-0.3, -0.25) is 9.59 Å². The highest BCUT2D eigenvalue weighted by Crippen LogP contribution is 2.63. The Morgan fingerprint density at radius 2 is 1.61 bits per heavy atom. The van der Waals surface area contributed by atoms with E-state index in [1.54, 1.807) is 13.8 Å². The predicted octanol–water partition coefficient (Wildman–Crippen LogP) is 3.46. The van der Waals surface area contributed by atoms with Crippen molar-refractivity contribution in [2.45, 2.75) is 42.0 Å². The van der Waals surface area contributed by atoms with E-state index in [1.807, 2.05) is 0 Å². The Balaban J connectivity index is 1.82. The number of hydrogen-bond donors (Lipinski definition) is 0. The van der Waals surface area contributed by atoms with Crippen molar-refractivity contribution in [2.75, 3.05) is 4.90 Å². The monoisotopic (exact) mass is 432 g/mol. The third-order valence-corrected chi connectivity index (χ3v) is 7.52. The van der Waals surface area contributed by atoms with E-state index in [0.29, 0.717) is 6.07 Å². The molecule has 3 saturated heterocycles. The summed E-state index contributed by atoms with van der Waals surface area (Å²) in [5.41, 5.74) is -4.49. The van der Waals surface area contributed by atoms with Gasteiger partial charge in [0.05, 0.1) is 56.7 Å². The summed E-state index contributed by atoms with van der Waals surface area (Å²) in [5, 5.41) is 7.44. The van der Waals surface area contributed by atoms with Gasteiger partial charge in [0.15, 0.2) is 0 Å². The van der Waals surface area contributed by atoms with Crippen molar-refractivity contribution < 1.29 is 27.5 Å². The van der Waals surface area contributed by atoms with Crippen LogP contribution in [0.2, 0.25) is 0 Å². The van der Waals surface area contributed by atoms with E-state index in [0.717, 1.165) is 17.0 Å². The molecule has 0 radical (unpaired) electrons. The zero-order valence-corrected chi connectivity index (χ0v) is 16.1. The minimum Gasteiger partial charge on any atom is -0.364 e. The molecule has 0 saturated carbocycles. The first-order valence-electron chi connectivity index (χ1n) is 8.35. The number of nitrogens with zero attached hydrogens (tertiary/aromatic N) is 2. The van der Waals surface area contributed by atoms with Crippen LogP contribution in [0.3, 0.4) is 0 Å². The number of benzene rings is 1. The largest absolute Gasteiger partial charge is 0.417 e. The number of alkyl halides is 5. The molecule has 0 spiro atoms. The maximum Gasteiger partial charge on any atom is 0.417 e. The normalized spacial score (nSPS) is 39.4. The molecule has 0 aliphatic carbocycles. The summed E-state index contributed by atoms with van der Waals surface area (Å²) >= 11 is 12.7. The van der Waals surface area contributed by atoms with Crippen LogP contribution in [0, 0.1) is 23.2 Å². The molecule has 0 aromatic heterocycles. The molecule has 4 rings (SSSR count). The number of hydrogen-bond acceptors (Lipinski definition) is 4. The Hall–Kier alpha value is -1.82. The lowest BCUT2D eigenvalue weighted by Gasteiger charge is -2.35. The molecule has 3 heterocycles. The maximum absolute atomic E-state index is 13.3. The fraction of sp³-hybridized carbons (Fsp3) is 0.500. The Labute approximate surface area is 167 Å². The summed E-state index contributed by atoms with van der Waals surface area (Å²) in [5.74, 6) is -3.28. The van der Waals surface area contributed by atoms with Gasteiger partial charge in [-0.05, 0) is 32.0 Å². The highest BCUT2D eigenvalue weighted by Gasteiger charge is 2.78. The molecule has 6 atom stereocenters. The quantitative estimate of drug-likeness (QED) is 0.503. The van der Waals surface area contributed by atoms with Gasteiger partial charge >= 0.3 is 6.18 Å². The van der Waals surface area contributed by atoms with Crippen molar-refractivity contribution in [3.8, 4) is 6.07 Å². The topological polar surface area (TPSA) is 70.4 Å². The average molecular weight is 433 g/mol. The van der Waals surface area contributed by atoms with E-state index in [4.69, 9.17) is 33.2 Å². The van der Waals surface area contributed by atoms with E-state index < -0.39 is 62.9 Å². The first-order valence-corrected chi connectivity index (χ1v) is 9.22. The number of amides is 2. The smallest absolute Gasteiger partial charge is 0.364 e. The maximum atomic E-state index is 13.3. The van der Waals surface area contributed by atoms with Crippen LogP contribution in [-0.4, -0.2) is 33.8 Å². The summed E-state index contributed by atoms with van der Waals surface area (Å²) in [6.45, 7) is 3.18. The number of anilines is 1. The predicted molar refractivity (Wildman–Crippen MR) is 92.8 cm³/mol. The minimum absolute atomic E-state index is 0.250. The number of rotatable bonds is 1. The average Bonchev–Trinajstić information content (AvgIpc) is 3.10. The summed E-state index contributed by atoms with van der Waals surface area (Å²) in [7, 11) is 0. The molecule has 2 bridgehead atoms. The van der Waals surface area contributed by atoms with Gasteiger partial charge in [0.1, 0.15) is 0 Å². The zero-order valence-electron chi connectivity index (χ0n) is 14.6. The highest BCUT2D eigenvalue weighted by molar-refractivity contribution is 6.33. The zero-order chi connectivity index (χ0) is 20.8. The Morgan fingerprint density at radius 3 is 2.04 bits per heavy atom. The fourth-order valence-corrected chi connectivity index (χ4v) is 5.58. The number of carbonyl (C=O) groups excluding carboxylic acids is 2. The minimum atomic E-state index is -4.81. The van der Waals surface area contributed by atoms with Gasteiger partial charge in [0.2, 0.25) is 11.8 Å². The Bertz CT molecular complexity index is 924. The van der Waals surface area contributed by atoms with Crippen molar-refractivity contribution in [1.29, 1.82) is 5.26 Å². The number of nitriles is 1. The molecule has 3 fully saturated rings. The molecule has 1 aromatic rings. The molecule has 1 aromatic carbocycles. The lowest BCUT2D eigenvalue weighted by Crippen LogP contribution is -2.53. The van der Waals surface area contributed by atoms with Crippen LogP contribution in [0.5, 0.6) is 0 Å². The molecular weight excluding hydrogens is 420 g/mol. The number of imide groups is 1. The molecule has 10 heteroatoms. The Kier molecular flexibility index (Phi) is 3.91. The van der Waals surface area contributed by atoms with Gasteiger partial charge in [-0.2, -0.15) is 18.4 Å². The van der Waals surface area contributed by atoms with Gasteiger partial charge in [-0.1, -0.05) is 0 Å². The number of carbonyl (C=O) groups is 2. The fourth-order valence-electron chi connectivity index (χ4n) is 4.72. The van der Waals surface area contributed by atoms with Crippen molar-refractivity contribution in [3.05, 3.63) is 29.3 Å². The molecule has 28 heavy (non-hydrogen) atoms. The van der Waals surface area contributed by atoms with E-state index in [9.17, 15) is 22.8 Å². The SMILES string of the molecule is C[C@]12O[C@](C)([C@@H](Cl)[C@@H]1Cl)[C@H]1C(=O)N(c3ccc(C#N)c(C(F)(F)F)c3)C(=O)[C@H]12. The first kappa shape index (κ1) is 19.5. The van der Waals surface area contributed by atoms with Crippen molar-refractivity contribution in [3.63, 3.8) is 0 Å². The Morgan fingerprint density at radius 1 is 1.11 bits per heavy atom. The lowest BCUT2D eigenvalue weighted by atomic mass is 9.68. The van der Waals surface area contributed by atoms with E-state index in [2.05, 4.69) is 0 Å². The van der Waals surface area contributed by atoms with Crippen LogP contribution in [0.25, 0.3) is 0 Å². The van der Waals surface area contributed by atoms with Gasteiger partial charge < -0.3 is 4.74 Å². The molecule has 3 aliphatic heterocycles. The first-order chi connectivity index (χ1) is 12.9. The molecule has 0 N–H and O–H groups in total. The van der Waals surface area contributed by atoms with E-state index >= 15 is 0 Å². The van der Waals surface area contributed by atoms with Crippen LogP contribution in [0.15, 0.2) is 18.2 Å². The second-order valence-electron chi connectivity index (χ2n) is 7.58. The van der Waals surface area contributed by atoms with E-state index in [-0.39, 0.29) is 5.69 Å². The molecule has 5 nitrogen and oxygen atoms in total. The summed E-state index contributed by atoms with van der Waals surface area (Å²) < 4.78 is 45.8. The van der Waals surface area contributed by atoms with Crippen molar-refractivity contribution >= 4 is 40.7 Å². The number of halogens is 5. The molecule has 2 amide bonds. The summed E-state index contributed by atoms with van der Waals surface area (Å²) in [4.78, 5) is 26.9. The molecule has 3 aliphatic rings.